The maximum absolute atomic E-state index is 10.0. The van der Waals surface area contributed by atoms with E-state index in [1.165, 1.54) is 6.34 Å². The minimum absolute atomic E-state index is 0.509. The molecule has 0 spiro atoms. The van der Waals surface area contributed by atoms with Gasteiger partial charge in [-0.15, -0.1) is 0 Å². The minimum atomic E-state index is -0.925. The van der Waals surface area contributed by atoms with Gasteiger partial charge < -0.3 is 9.84 Å². The van der Waals surface area contributed by atoms with E-state index in [-0.39, 0.29) is 0 Å². The van der Waals surface area contributed by atoms with Crippen molar-refractivity contribution in [1.29, 1.82) is 0 Å². The van der Waals surface area contributed by atoms with Crippen molar-refractivity contribution in [1.82, 2.24) is 9.88 Å². The molecule has 1 N–H and O–H groups in total. The third-order valence-corrected chi connectivity index (χ3v) is 2.35. The summed E-state index contributed by atoms with van der Waals surface area (Å²) in [6.45, 7) is 1.78. The first-order chi connectivity index (χ1) is 8.77. The predicted molar refractivity (Wildman–Crippen MR) is 66.9 cm³/mol. The van der Waals surface area contributed by atoms with Crippen LogP contribution >= 0.6 is 0 Å². The number of hydrogen-bond acceptors (Lipinski definition) is 4. The average molecular weight is 247 g/mol. The van der Waals surface area contributed by atoms with Gasteiger partial charge >= 0.3 is 6.09 Å². The largest absolute Gasteiger partial charge is 0.487 e. The molecule has 6 nitrogen and oxygen atoms in total. The number of pyridine rings is 1. The monoisotopic (exact) mass is 247 g/mol. The van der Waals surface area contributed by atoms with Crippen molar-refractivity contribution < 1.29 is 14.6 Å². The topological polar surface area (TPSA) is 75.0 Å². The van der Waals surface area contributed by atoms with Crippen molar-refractivity contribution in [2.75, 3.05) is 19.7 Å². The van der Waals surface area contributed by atoms with Crippen LogP contribution in [0.5, 0.6) is 5.75 Å². The van der Waals surface area contributed by atoms with E-state index < -0.39 is 6.09 Å². The van der Waals surface area contributed by atoms with Gasteiger partial charge in [0.2, 0.25) is 0 Å². The molecule has 0 aromatic carbocycles. The molecule has 0 bridgehead atoms. The molecular formula is C12H13N3O3. The smallest absolute Gasteiger partial charge is 0.412 e. The summed E-state index contributed by atoms with van der Waals surface area (Å²) >= 11 is 0. The van der Waals surface area contributed by atoms with E-state index >= 15 is 0 Å². The van der Waals surface area contributed by atoms with E-state index in [1.807, 2.05) is 24.3 Å². The maximum Gasteiger partial charge on any atom is 0.412 e. The van der Waals surface area contributed by atoms with Crippen molar-refractivity contribution in [3.63, 3.8) is 0 Å². The molecule has 1 aromatic heterocycles. The molecule has 1 aromatic rings. The number of ether oxygens (including phenoxy) is 1. The average Bonchev–Trinajstić information content (AvgIpc) is 2.94. The fourth-order valence-electron chi connectivity index (χ4n) is 1.47. The van der Waals surface area contributed by atoms with Crippen LogP contribution in [-0.4, -0.2) is 47.1 Å². The summed E-state index contributed by atoms with van der Waals surface area (Å²) < 4.78 is 5.27. The van der Waals surface area contributed by atoms with Crippen molar-refractivity contribution in [3.05, 3.63) is 30.1 Å². The highest BCUT2D eigenvalue weighted by Gasteiger charge is 2.10. The lowest BCUT2D eigenvalue weighted by Gasteiger charge is -2.09. The van der Waals surface area contributed by atoms with Gasteiger partial charge in [-0.3, -0.25) is 14.9 Å². The second-order valence-corrected chi connectivity index (χ2v) is 3.60. The summed E-state index contributed by atoms with van der Waals surface area (Å²) in [7, 11) is 0. The Morgan fingerprint density at radius 2 is 2.39 bits per heavy atom. The third kappa shape index (κ3) is 3.07. The Kier molecular flexibility index (Phi) is 3.90. The first-order valence-corrected chi connectivity index (χ1v) is 5.51. The third-order valence-electron chi connectivity index (χ3n) is 2.35. The number of amides is 1. The molecule has 0 aliphatic carbocycles. The normalized spacial score (nSPS) is 15.4. The van der Waals surface area contributed by atoms with E-state index in [0.29, 0.717) is 19.7 Å². The zero-order chi connectivity index (χ0) is 12.8. The lowest BCUT2D eigenvalue weighted by molar-refractivity contribution is 0.173. The number of nitrogens with zero attached hydrogens (tertiary/aromatic N) is 3. The summed E-state index contributed by atoms with van der Waals surface area (Å²) in [6.07, 6.45) is 6.10. The second-order valence-electron chi connectivity index (χ2n) is 3.60. The Hall–Kier alpha value is -2.37. The quantitative estimate of drug-likeness (QED) is 0.753. The Labute approximate surface area is 104 Å². The molecule has 2 aliphatic rings. The zero-order valence-corrected chi connectivity index (χ0v) is 9.69. The predicted octanol–water partition coefficient (Wildman–Crippen LogP) is 1.50. The number of hydrogen-bond donors (Lipinski definition) is 1. The Bertz CT molecular complexity index is 485. The van der Waals surface area contributed by atoms with Gasteiger partial charge in [-0.2, -0.15) is 0 Å². The molecule has 0 atom stereocenters. The van der Waals surface area contributed by atoms with Crippen LogP contribution in [0.25, 0.3) is 6.08 Å². The summed E-state index contributed by atoms with van der Waals surface area (Å²) in [5.41, 5.74) is 0.925. The molecule has 0 fully saturated rings. The van der Waals surface area contributed by atoms with E-state index in [2.05, 4.69) is 9.98 Å². The Morgan fingerprint density at radius 1 is 1.50 bits per heavy atom. The minimum Gasteiger partial charge on any atom is -0.487 e. The summed E-state index contributed by atoms with van der Waals surface area (Å²) in [6, 6.07) is 3.80. The van der Waals surface area contributed by atoms with E-state index in [4.69, 9.17) is 9.84 Å². The van der Waals surface area contributed by atoms with Gasteiger partial charge in [-0.25, -0.2) is 4.79 Å². The van der Waals surface area contributed by atoms with Crippen LogP contribution in [0.4, 0.5) is 4.79 Å². The highest BCUT2D eigenvalue weighted by molar-refractivity contribution is 5.81. The van der Waals surface area contributed by atoms with Gasteiger partial charge in [0.1, 0.15) is 18.1 Å². The molecule has 3 heterocycles. The molecule has 0 unspecified atom stereocenters. The molecule has 0 radical (unpaired) electrons. The van der Waals surface area contributed by atoms with E-state index in [0.717, 1.165) is 16.3 Å². The van der Waals surface area contributed by atoms with Gasteiger partial charge in [0.25, 0.3) is 0 Å². The summed E-state index contributed by atoms with van der Waals surface area (Å²) in [5, 5.41) is 8.25. The Morgan fingerprint density at radius 3 is 3.00 bits per heavy atom. The molecule has 94 valence electrons. The number of carboxylic acid groups (broad SMARTS) is 1. The fraction of sp³-hybridized carbons (Fsp3) is 0.250. The van der Waals surface area contributed by atoms with E-state index in [9.17, 15) is 4.79 Å². The highest BCUT2D eigenvalue weighted by atomic mass is 16.5. The zero-order valence-electron chi connectivity index (χ0n) is 9.69. The van der Waals surface area contributed by atoms with Crippen molar-refractivity contribution in [2.45, 2.75) is 0 Å². The summed E-state index contributed by atoms with van der Waals surface area (Å²) in [4.78, 5) is 19.0. The van der Waals surface area contributed by atoms with Crippen LogP contribution in [0, 0.1) is 0 Å². The van der Waals surface area contributed by atoms with Crippen molar-refractivity contribution in [3.8, 4) is 5.75 Å². The first kappa shape index (κ1) is 12.1. The lowest BCUT2D eigenvalue weighted by atomic mass is 10.3. The van der Waals surface area contributed by atoms with Crippen LogP contribution < -0.4 is 4.74 Å². The van der Waals surface area contributed by atoms with Crippen LogP contribution in [0.3, 0.4) is 0 Å². The van der Waals surface area contributed by atoms with Gasteiger partial charge in [0, 0.05) is 12.7 Å². The van der Waals surface area contributed by atoms with Gasteiger partial charge in [-0.1, -0.05) is 0 Å². The van der Waals surface area contributed by atoms with Crippen LogP contribution in [0.2, 0.25) is 0 Å². The standard InChI is InChI=1S/C8H7NO.C4H6N2O2/c1-4-8-7(9-5-1)3-2-6-10-8;7-4(8)6-2-1-5-3-6/h1-5H,6H2;3H,1-2H2,(H,7,8). The number of aromatic nitrogens is 1. The molecule has 0 saturated carbocycles. The molecule has 3 rings (SSSR count). The number of rotatable bonds is 0. The maximum atomic E-state index is 10.0. The van der Waals surface area contributed by atoms with Gasteiger partial charge in [0.15, 0.2) is 0 Å². The summed E-state index contributed by atoms with van der Waals surface area (Å²) in [5.74, 6) is 0.880. The number of aliphatic imine (C=N–C) groups is 1. The Balaban J connectivity index is 0.000000138. The molecular weight excluding hydrogens is 234 g/mol. The van der Waals surface area contributed by atoms with Crippen molar-refractivity contribution >= 4 is 18.5 Å². The van der Waals surface area contributed by atoms with Crippen LogP contribution in [0.15, 0.2) is 29.4 Å². The molecule has 2 aliphatic heterocycles. The molecule has 18 heavy (non-hydrogen) atoms. The molecule has 0 saturated heterocycles. The lowest BCUT2D eigenvalue weighted by Crippen LogP contribution is -2.25. The van der Waals surface area contributed by atoms with Crippen molar-refractivity contribution in [2.24, 2.45) is 4.99 Å². The highest BCUT2D eigenvalue weighted by Crippen LogP contribution is 2.19. The van der Waals surface area contributed by atoms with E-state index in [1.54, 1.807) is 6.20 Å². The fourth-order valence-corrected chi connectivity index (χ4v) is 1.47. The van der Waals surface area contributed by atoms with Gasteiger partial charge in [-0.05, 0) is 24.3 Å². The van der Waals surface area contributed by atoms with Gasteiger partial charge in [0.05, 0.1) is 12.9 Å². The van der Waals surface area contributed by atoms with Crippen LogP contribution in [-0.2, 0) is 0 Å². The molecule has 1 amide bonds. The first-order valence-electron chi connectivity index (χ1n) is 5.51. The van der Waals surface area contributed by atoms with Crippen LogP contribution in [0.1, 0.15) is 5.69 Å². The number of carbonyl (C=O) groups is 1. The number of fused-ring (bicyclic) bond motifs is 1. The molecule has 6 heteroatoms. The SMILES string of the molecule is C1=Cc2ncccc2OC1.O=C(O)N1C=NCC1. The second kappa shape index (κ2) is 5.81.